The van der Waals surface area contributed by atoms with Crippen molar-refractivity contribution in [3.8, 4) is 5.75 Å². The third-order valence-corrected chi connectivity index (χ3v) is 3.68. The van der Waals surface area contributed by atoms with Gasteiger partial charge in [-0.2, -0.15) is 0 Å². The molecule has 1 heterocycles. The number of carbonyl (C=O) groups excluding carboxylic acids is 2. The van der Waals surface area contributed by atoms with Crippen LogP contribution in [0.2, 0.25) is 5.02 Å². The average molecular weight is 340 g/mol. The smallest absolute Gasteiger partial charge is 0.324 e. The fourth-order valence-electron chi connectivity index (χ4n) is 2.19. The van der Waals surface area contributed by atoms with E-state index in [4.69, 9.17) is 16.3 Å². The summed E-state index contributed by atoms with van der Waals surface area (Å²) in [6.07, 6.45) is 0. The van der Waals surface area contributed by atoms with Crippen molar-refractivity contribution in [3.63, 3.8) is 0 Å². The molecule has 23 heavy (non-hydrogen) atoms. The predicted molar refractivity (Wildman–Crippen MR) is 90.0 cm³/mol. The molecule has 1 saturated heterocycles. The van der Waals surface area contributed by atoms with Crippen LogP contribution in [0, 0.1) is 5.92 Å². The molecule has 0 radical (unpaired) electrons. The summed E-state index contributed by atoms with van der Waals surface area (Å²) in [5, 5.41) is 6.15. The predicted octanol–water partition coefficient (Wildman–Crippen LogP) is 2.73. The van der Waals surface area contributed by atoms with Gasteiger partial charge in [-0.1, -0.05) is 25.4 Å². The van der Waals surface area contributed by atoms with Crippen molar-refractivity contribution in [2.45, 2.75) is 26.8 Å². The number of urea groups is 1. The van der Waals surface area contributed by atoms with E-state index in [1.54, 1.807) is 25.1 Å². The molecule has 2 rings (SSSR count). The van der Waals surface area contributed by atoms with Crippen molar-refractivity contribution < 1.29 is 14.3 Å². The van der Waals surface area contributed by atoms with E-state index in [9.17, 15) is 9.59 Å². The van der Waals surface area contributed by atoms with E-state index < -0.39 is 6.04 Å². The van der Waals surface area contributed by atoms with E-state index in [1.807, 2.05) is 0 Å². The van der Waals surface area contributed by atoms with E-state index in [2.05, 4.69) is 24.5 Å². The molecule has 6 nitrogen and oxygen atoms in total. The maximum Gasteiger partial charge on any atom is 0.324 e. The van der Waals surface area contributed by atoms with Gasteiger partial charge in [-0.3, -0.25) is 9.69 Å². The van der Waals surface area contributed by atoms with Crippen LogP contribution in [0.25, 0.3) is 0 Å². The summed E-state index contributed by atoms with van der Waals surface area (Å²) in [7, 11) is 0. The molecule has 0 bridgehead atoms. The minimum Gasteiger partial charge on any atom is -0.492 e. The number of ether oxygens (including phenoxy) is 1. The van der Waals surface area contributed by atoms with Gasteiger partial charge in [-0.05, 0) is 31.0 Å². The van der Waals surface area contributed by atoms with Crippen LogP contribution in [-0.4, -0.2) is 42.6 Å². The Morgan fingerprint density at radius 2 is 2.17 bits per heavy atom. The van der Waals surface area contributed by atoms with Crippen molar-refractivity contribution >= 4 is 29.2 Å². The van der Waals surface area contributed by atoms with Crippen LogP contribution in [0.4, 0.5) is 10.5 Å². The van der Waals surface area contributed by atoms with Crippen LogP contribution >= 0.6 is 11.6 Å². The number of halogens is 1. The van der Waals surface area contributed by atoms with Gasteiger partial charge in [0.25, 0.3) is 5.91 Å². The second kappa shape index (κ2) is 7.55. The van der Waals surface area contributed by atoms with Gasteiger partial charge in [0.15, 0.2) is 0 Å². The summed E-state index contributed by atoms with van der Waals surface area (Å²) in [5.41, 5.74) is 0.701. The molecule has 1 aliphatic heterocycles. The number of nitrogens with one attached hydrogen (secondary N) is 2. The maximum atomic E-state index is 12.2. The van der Waals surface area contributed by atoms with Gasteiger partial charge in [-0.25, -0.2) is 4.79 Å². The second-order valence-corrected chi connectivity index (χ2v) is 6.35. The monoisotopic (exact) mass is 339 g/mol. The molecular formula is C16H22ClN3O3. The van der Waals surface area contributed by atoms with Gasteiger partial charge >= 0.3 is 6.03 Å². The van der Waals surface area contributed by atoms with Crippen molar-refractivity contribution in [2.24, 2.45) is 5.92 Å². The number of benzene rings is 1. The van der Waals surface area contributed by atoms with Gasteiger partial charge in [0.05, 0.1) is 11.6 Å². The number of hydrogen-bond acceptors (Lipinski definition) is 4. The van der Waals surface area contributed by atoms with E-state index >= 15 is 0 Å². The Balaban J connectivity index is 1.98. The fourth-order valence-corrected chi connectivity index (χ4v) is 2.43. The molecule has 1 aromatic carbocycles. The Labute approximate surface area is 141 Å². The molecule has 0 aromatic heterocycles. The molecule has 1 aromatic rings. The SMILES string of the molecule is CC(C)COc1ccc(NC(C)C(=O)N2CCNC2=O)cc1Cl. The molecule has 126 valence electrons. The summed E-state index contributed by atoms with van der Waals surface area (Å²) in [5.74, 6) is 0.758. The number of amides is 3. The number of hydrogen-bond donors (Lipinski definition) is 2. The minimum absolute atomic E-state index is 0.267. The van der Waals surface area contributed by atoms with Crippen LogP contribution < -0.4 is 15.4 Å². The van der Waals surface area contributed by atoms with E-state index in [0.29, 0.717) is 42.1 Å². The van der Waals surface area contributed by atoms with Gasteiger partial charge in [0.2, 0.25) is 0 Å². The van der Waals surface area contributed by atoms with E-state index in [0.717, 1.165) is 0 Å². The molecular weight excluding hydrogens is 318 g/mol. The fraction of sp³-hybridized carbons (Fsp3) is 0.500. The average Bonchev–Trinajstić information content (AvgIpc) is 2.91. The molecule has 1 atom stereocenters. The molecule has 3 amide bonds. The molecule has 1 aliphatic rings. The standard InChI is InChI=1S/C16H22ClN3O3/c1-10(2)9-23-14-5-4-12(8-13(14)17)19-11(3)15(21)20-7-6-18-16(20)22/h4-5,8,10-11,19H,6-7,9H2,1-3H3,(H,18,22). The lowest BCUT2D eigenvalue weighted by Gasteiger charge is -2.20. The Kier molecular flexibility index (Phi) is 5.71. The third-order valence-electron chi connectivity index (χ3n) is 3.38. The molecule has 7 heteroatoms. The van der Waals surface area contributed by atoms with Crippen LogP contribution in [-0.2, 0) is 4.79 Å². The first-order chi connectivity index (χ1) is 10.9. The first-order valence-corrected chi connectivity index (χ1v) is 8.04. The summed E-state index contributed by atoms with van der Waals surface area (Å²) >= 11 is 6.20. The topological polar surface area (TPSA) is 70.7 Å². The van der Waals surface area contributed by atoms with Gasteiger partial charge in [-0.15, -0.1) is 0 Å². The molecule has 0 aliphatic carbocycles. The normalized spacial score (nSPS) is 15.5. The number of anilines is 1. The quantitative estimate of drug-likeness (QED) is 0.836. The largest absolute Gasteiger partial charge is 0.492 e. The number of rotatable bonds is 6. The number of imide groups is 1. The zero-order chi connectivity index (χ0) is 17.0. The van der Waals surface area contributed by atoms with Crippen molar-refractivity contribution in [1.82, 2.24) is 10.2 Å². The van der Waals surface area contributed by atoms with Crippen molar-refractivity contribution in [1.29, 1.82) is 0 Å². The van der Waals surface area contributed by atoms with Gasteiger partial charge < -0.3 is 15.4 Å². The lowest BCUT2D eigenvalue weighted by Crippen LogP contribution is -2.43. The number of carbonyl (C=O) groups is 2. The van der Waals surface area contributed by atoms with Gasteiger partial charge in [0.1, 0.15) is 11.8 Å². The van der Waals surface area contributed by atoms with Crippen LogP contribution in [0.3, 0.4) is 0 Å². The minimum atomic E-state index is -0.530. The summed E-state index contributed by atoms with van der Waals surface area (Å²) in [6, 6.07) is 4.41. The highest BCUT2D eigenvalue weighted by Crippen LogP contribution is 2.28. The zero-order valence-corrected chi connectivity index (χ0v) is 14.3. The second-order valence-electron chi connectivity index (χ2n) is 5.94. The van der Waals surface area contributed by atoms with Crippen molar-refractivity contribution in [3.05, 3.63) is 23.2 Å². The molecule has 1 fully saturated rings. The highest BCUT2D eigenvalue weighted by molar-refractivity contribution is 6.32. The maximum absolute atomic E-state index is 12.2. The summed E-state index contributed by atoms with van der Waals surface area (Å²) in [6.45, 7) is 7.31. The lowest BCUT2D eigenvalue weighted by molar-refractivity contribution is -0.128. The summed E-state index contributed by atoms with van der Waals surface area (Å²) in [4.78, 5) is 25.0. The Hall–Kier alpha value is -1.95. The van der Waals surface area contributed by atoms with Crippen LogP contribution in [0.5, 0.6) is 5.75 Å². The Bertz CT molecular complexity index is 592. The summed E-state index contributed by atoms with van der Waals surface area (Å²) < 4.78 is 5.61. The molecule has 2 N–H and O–H groups in total. The Morgan fingerprint density at radius 1 is 1.43 bits per heavy atom. The Morgan fingerprint density at radius 3 is 2.74 bits per heavy atom. The van der Waals surface area contributed by atoms with Gasteiger partial charge in [0, 0.05) is 18.8 Å². The first-order valence-electron chi connectivity index (χ1n) is 7.66. The lowest BCUT2D eigenvalue weighted by atomic mass is 10.2. The van der Waals surface area contributed by atoms with Crippen LogP contribution in [0.1, 0.15) is 20.8 Å². The number of nitrogens with zero attached hydrogens (tertiary/aromatic N) is 1. The molecule has 0 saturated carbocycles. The third kappa shape index (κ3) is 4.51. The zero-order valence-electron chi connectivity index (χ0n) is 13.6. The van der Waals surface area contributed by atoms with Crippen molar-refractivity contribution in [2.75, 3.05) is 25.0 Å². The highest BCUT2D eigenvalue weighted by atomic mass is 35.5. The highest BCUT2D eigenvalue weighted by Gasteiger charge is 2.29. The molecule has 0 spiro atoms. The van der Waals surface area contributed by atoms with E-state index in [1.165, 1.54) is 4.90 Å². The van der Waals surface area contributed by atoms with E-state index in [-0.39, 0.29) is 11.9 Å². The first kappa shape index (κ1) is 17.4. The molecule has 1 unspecified atom stereocenters. The van der Waals surface area contributed by atoms with Crippen LogP contribution in [0.15, 0.2) is 18.2 Å².